The van der Waals surface area contributed by atoms with E-state index in [1.165, 1.54) is 12.8 Å². The predicted octanol–water partition coefficient (Wildman–Crippen LogP) is 18.5. The van der Waals surface area contributed by atoms with Crippen molar-refractivity contribution in [2.75, 3.05) is 0 Å². The maximum absolute atomic E-state index is 12.8. The second-order valence-corrected chi connectivity index (χ2v) is 26.9. The molecule has 4 aliphatic rings. The molecule has 0 bridgehead atoms. The Morgan fingerprint density at radius 2 is 1.03 bits per heavy atom. The molecule has 0 radical (unpaired) electrons. The van der Waals surface area contributed by atoms with Crippen molar-refractivity contribution in [1.82, 2.24) is 0 Å². The van der Waals surface area contributed by atoms with Crippen LogP contribution in [0.5, 0.6) is 0 Å². The molecule has 4 heterocycles. The van der Waals surface area contributed by atoms with Gasteiger partial charge in [-0.15, -0.1) is 0 Å². The summed E-state index contributed by atoms with van der Waals surface area (Å²) < 4.78 is 33.7. The number of aliphatic hydroxyl groups excluding tert-OH is 1. The first-order valence-electron chi connectivity index (χ1n) is 28.9. The average Bonchev–Trinajstić information content (AvgIpc) is 4.27. The van der Waals surface area contributed by atoms with E-state index < -0.39 is 6.10 Å². The Morgan fingerprint density at radius 3 is 1.40 bits per heavy atom. The second kappa shape index (κ2) is 32.2. The molecule has 2 fully saturated rings. The minimum Gasteiger partial charge on any atom is -0.457 e. The monoisotopic (exact) mass is 1160 g/mol. The number of aliphatic hydroxyl groups is 1. The minimum absolute atomic E-state index is 0. The predicted molar refractivity (Wildman–Crippen MR) is 324 cm³/mol. The number of halogens is 2. The average molecular weight is 1170 g/mol. The Hall–Kier alpha value is -2.08. The molecule has 0 aliphatic carbocycles. The van der Waals surface area contributed by atoms with Crippen LogP contribution in [0.3, 0.4) is 0 Å². The molecule has 0 amide bonds. The fourth-order valence-corrected chi connectivity index (χ4v) is 10.6. The number of carbonyl (C=O) groups excluding carboxylic acids is 2. The molecule has 434 valence electrons. The van der Waals surface area contributed by atoms with E-state index in [9.17, 15) is 17.6 Å². The van der Waals surface area contributed by atoms with Crippen molar-refractivity contribution in [3.05, 3.63) is 71.9 Å². The topological polar surface area (TPSA) is 97.9 Å². The summed E-state index contributed by atoms with van der Waals surface area (Å²) in [6.45, 7) is 46.7. The van der Waals surface area contributed by atoms with Crippen molar-refractivity contribution in [3.63, 3.8) is 0 Å². The third-order valence-electron chi connectivity index (χ3n) is 17.9. The molecular weight excluding hydrogens is 1050 g/mol. The van der Waals surface area contributed by atoms with Gasteiger partial charge in [0.2, 0.25) is 0 Å². The van der Waals surface area contributed by atoms with E-state index in [2.05, 4.69) is 187 Å². The summed E-state index contributed by atoms with van der Waals surface area (Å²) in [6.07, 6.45) is 31.1. The molecule has 4 rings (SSSR count). The van der Waals surface area contributed by atoms with Gasteiger partial charge >= 0.3 is 11.9 Å². The first-order valence-corrected chi connectivity index (χ1v) is 29.8. The van der Waals surface area contributed by atoms with Gasteiger partial charge in [-0.3, -0.25) is 9.59 Å². The van der Waals surface area contributed by atoms with Crippen molar-refractivity contribution in [3.8, 4) is 0 Å². The Balaban J connectivity index is 0.000000717. The maximum atomic E-state index is 12.8. The summed E-state index contributed by atoms with van der Waals surface area (Å²) in [6, 6.07) is 0. The van der Waals surface area contributed by atoms with Gasteiger partial charge in [-0.2, -0.15) is 2.86 Å². The molecular formula is C66H114FIO7. The number of allylic oxidation sites excluding steroid dienone is 7. The second-order valence-electron chi connectivity index (χ2n) is 26.9. The molecule has 0 aromatic rings. The van der Waals surface area contributed by atoms with Gasteiger partial charge in [0.25, 0.3) is 0 Å². The fraction of sp³-hybridized carbons (Fsp3) is 0.788. The van der Waals surface area contributed by atoms with Crippen molar-refractivity contribution < 1.29 is 36.5 Å². The van der Waals surface area contributed by atoms with Crippen molar-refractivity contribution in [2.45, 2.75) is 260 Å². The number of epoxide rings is 2. The highest BCUT2D eigenvalue weighted by Crippen LogP contribution is 2.43. The first kappa shape index (κ1) is 70.9. The minimum atomic E-state index is -0.524. The van der Waals surface area contributed by atoms with E-state index in [1.54, 1.807) is 0 Å². The van der Waals surface area contributed by atoms with E-state index in [-0.39, 0.29) is 71.0 Å². The van der Waals surface area contributed by atoms with Gasteiger partial charge in [-0.25, -0.2) is 0 Å². The van der Waals surface area contributed by atoms with Crippen LogP contribution in [0.2, 0.25) is 0 Å². The molecule has 0 aromatic carbocycles. The molecule has 75 heavy (non-hydrogen) atoms. The largest absolute Gasteiger partial charge is 0.457 e. The highest BCUT2D eigenvalue weighted by Gasteiger charge is 2.47. The van der Waals surface area contributed by atoms with Crippen LogP contribution in [-0.2, 0) is 28.5 Å². The van der Waals surface area contributed by atoms with Crippen LogP contribution in [0.15, 0.2) is 71.9 Å². The van der Waals surface area contributed by atoms with Crippen LogP contribution in [0.4, 0.5) is 2.86 Å². The van der Waals surface area contributed by atoms with Gasteiger partial charge in [0.15, 0.2) is 23.2 Å². The summed E-state index contributed by atoms with van der Waals surface area (Å²) in [7, 11) is 0. The third kappa shape index (κ3) is 24.4. The zero-order valence-electron chi connectivity index (χ0n) is 50.7. The number of hydrogen-bond donors (Lipinski definition) is 1. The van der Waals surface area contributed by atoms with E-state index in [0.717, 1.165) is 49.7 Å². The molecule has 0 spiro atoms. The summed E-state index contributed by atoms with van der Waals surface area (Å²) in [5.74, 6) is 3.51. The lowest BCUT2D eigenvalue weighted by Gasteiger charge is -2.32. The van der Waals surface area contributed by atoms with Crippen LogP contribution in [0.25, 0.3) is 0 Å². The highest BCUT2D eigenvalue weighted by atomic mass is 127. The van der Waals surface area contributed by atoms with Crippen LogP contribution < -0.4 is 0 Å². The number of carbonyl (C=O) groups is 2. The van der Waals surface area contributed by atoms with Gasteiger partial charge in [0.1, 0.15) is 12.2 Å². The summed E-state index contributed by atoms with van der Waals surface area (Å²) in [4.78, 5) is 25.6. The quantitative estimate of drug-likeness (QED) is 0.0540. The third-order valence-corrected chi connectivity index (χ3v) is 17.9. The normalized spacial score (nSPS) is 33.5. The maximum Gasteiger partial charge on any atom is 0.306 e. The van der Waals surface area contributed by atoms with Crippen molar-refractivity contribution in [2.24, 2.45) is 74.9 Å². The summed E-state index contributed by atoms with van der Waals surface area (Å²) in [5.41, 5.74) is 2.17. The van der Waals surface area contributed by atoms with Gasteiger partial charge in [-0.1, -0.05) is 213 Å². The van der Waals surface area contributed by atoms with E-state index >= 15 is 0 Å². The first-order chi connectivity index (χ1) is 34.3. The fourth-order valence-electron chi connectivity index (χ4n) is 10.6. The van der Waals surface area contributed by atoms with Gasteiger partial charge in [0.05, 0.1) is 30.5 Å². The van der Waals surface area contributed by atoms with Crippen LogP contribution in [0, 0.1) is 74.9 Å². The number of ether oxygens (including phenoxy) is 4. The highest BCUT2D eigenvalue weighted by molar-refractivity contribution is 14.1. The zero-order valence-corrected chi connectivity index (χ0v) is 52.9. The van der Waals surface area contributed by atoms with E-state index in [0.29, 0.717) is 95.9 Å². The lowest BCUT2D eigenvalue weighted by Crippen LogP contribution is -2.31. The number of esters is 2. The molecule has 2 saturated heterocycles. The number of hydrogen-bond acceptors (Lipinski definition) is 7. The smallest absolute Gasteiger partial charge is 0.306 e. The van der Waals surface area contributed by atoms with Gasteiger partial charge in [0, 0.05) is 24.7 Å². The molecule has 4 aliphatic heterocycles. The van der Waals surface area contributed by atoms with Crippen molar-refractivity contribution in [1.29, 1.82) is 0 Å². The van der Waals surface area contributed by atoms with E-state index in [4.69, 9.17) is 18.9 Å². The number of cyclic esters (lactones) is 2. The van der Waals surface area contributed by atoms with Crippen LogP contribution in [0.1, 0.15) is 217 Å². The van der Waals surface area contributed by atoms with Crippen molar-refractivity contribution >= 4 is 35.1 Å². The Labute approximate surface area is 475 Å². The summed E-state index contributed by atoms with van der Waals surface area (Å²) in [5, 5.41) is 10.8. The Morgan fingerprint density at radius 1 is 0.667 bits per heavy atom. The molecule has 0 aromatic heterocycles. The molecule has 16 unspecified atom stereocenters. The molecule has 16 atom stereocenters. The van der Waals surface area contributed by atoms with Crippen LogP contribution in [-0.4, -0.2) is 59.8 Å². The van der Waals surface area contributed by atoms with E-state index in [1.807, 2.05) is 19.1 Å². The molecule has 0 saturated carbocycles. The molecule has 1 N–H and O–H groups in total. The number of rotatable bonds is 16. The van der Waals surface area contributed by atoms with Gasteiger partial charge in [-0.05, 0) is 127 Å². The Bertz CT molecular complexity index is 1760. The standard InChI is InChI=1S/C33H56O3.C32H54O4.CH4.FI/c1-12-23(3)27(7)31-28(35-31)21-32(8,9)18-13-14-24(4)30-25(5)15-16-26(6)33(10,11)19-17-22(2)20-29(34)36-30;1-11-22(3)25(6)30-26(35-30)20-31(7,8)17-12-13-23(4)29-24(5)14-15-27(33)32(9,10)18-16-21(2)19-28(34)36-29;;1-2/h13-16,18,22-23,25-28,30-31H,12,17,19-21H2,1-11H3;12-15,17,21-22,24-27,29-30,33H,11,16,18-20H2,1-10H3;1H4;/b16-15+,18-13+,24-14+;15-14+,17-12+,23-13+;;. The molecule has 9 heteroatoms. The zero-order chi connectivity index (χ0) is 56.5. The SMILES string of the molecule is C.CCC(C)C(C)C1OC1CC(C)(C)/C=C/C=C(\C)C1OC(=O)CC(C)CCC(C)(C)C(C)/C=C/C1C.CCC(C)C(C)C1OC1CC(C)(C)/C=C/C=C(\C)C1OC(=O)CC(C)CCC(C)(C)C(O)/C=C/C1C.FI. The van der Waals surface area contributed by atoms with Gasteiger partial charge < -0.3 is 24.1 Å². The lowest BCUT2D eigenvalue weighted by molar-refractivity contribution is -0.150. The Kier molecular flexibility index (Phi) is 30.5. The summed E-state index contributed by atoms with van der Waals surface area (Å²) >= 11 is 0.650. The van der Waals surface area contributed by atoms with Crippen LogP contribution >= 0.6 is 23.2 Å². The lowest BCUT2D eigenvalue weighted by atomic mass is 9.74. The molecule has 7 nitrogen and oxygen atoms in total.